The van der Waals surface area contributed by atoms with Gasteiger partial charge in [0.1, 0.15) is 0 Å². The monoisotopic (exact) mass is 542 g/mol. The Morgan fingerprint density at radius 1 is 1.27 bits per heavy atom. The maximum absolute atomic E-state index is 11.8. The van der Waals surface area contributed by atoms with Gasteiger partial charge in [-0.25, -0.2) is 4.79 Å². The Kier molecular flexibility index (Phi) is 5.74. The number of carbonyl (C=O) groups is 2. The van der Waals surface area contributed by atoms with Gasteiger partial charge in [0.2, 0.25) is 0 Å². The summed E-state index contributed by atoms with van der Waals surface area (Å²) in [5.74, 6) is -1.49. The molecule has 0 aliphatic carbocycles. The molecule has 114 valence electrons. The molecular formula is C13H8I2N2O4S. The first-order chi connectivity index (χ1) is 10.4. The van der Waals surface area contributed by atoms with Gasteiger partial charge < -0.3 is 14.8 Å². The van der Waals surface area contributed by atoms with Crippen LogP contribution in [0.2, 0.25) is 0 Å². The van der Waals surface area contributed by atoms with E-state index in [1.54, 1.807) is 12.1 Å². The molecule has 0 aliphatic rings. The van der Waals surface area contributed by atoms with Gasteiger partial charge in [-0.3, -0.25) is 10.1 Å². The molecule has 1 aromatic carbocycles. The van der Waals surface area contributed by atoms with E-state index in [4.69, 9.17) is 16.6 Å². The quantitative estimate of drug-likeness (QED) is 0.408. The molecular weight excluding hydrogens is 534 g/mol. The van der Waals surface area contributed by atoms with E-state index in [0.29, 0.717) is 9.26 Å². The lowest BCUT2D eigenvalue weighted by molar-refractivity contribution is 0.0697. The molecule has 0 bridgehead atoms. The third-order valence-corrected chi connectivity index (χ3v) is 4.17. The SMILES string of the molecule is O=C(NC(=S)Nc1c(I)cc(I)cc1C(=O)O)c1ccco1. The zero-order valence-electron chi connectivity index (χ0n) is 10.7. The highest BCUT2D eigenvalue weighted by molar-refractivity contribution is 14.1. The lowest BCUT2D eigenvalue weighted by Gasteiger charge is -2.13. The largest absolute Gasteiger partial charge is 0.478 e. The zero-order chi connectivity index (χ0) is 16.3. The van der Waals surface area contributed by atoms with Gasteiger partial charge in [-0.2, -0.15) is 0 Å². The third kappa shape index (κ3) is 4.16. The van der Waals surface area contributed by atoms with Gasteiger partial charge in [0, 0.05) is 7.14 Å². The summed E-state index contributed by atoms with van der Waals surface area (Å²) >= 11 is 9.07. The van der Waals surface area contributed by atoms with Gasteiger partial charge in [-0.15, -0.1) is 0 Å². The van der Waals surface area contributed by atoms with Crippen LogP contribution in [0.25, 0.3) is 0 Å². The number of amides is 1. The Hall–Kier alpha value is -1.21. The van der Waals surface area contributed by atoms with Crippen molar-refractivity contribution in [2.24, 2.45) is 0 Å². The number of rotatable bonds is 3. The normalized spacial score (nSPS) is 10.1. The van der Waals surface area contributed by atoms with Crippen molar-refractivity contribution in [2.45, 2.75) is 0 Å². The summed E-state index contributed by atoms with van der Waals surface area (Å²) in [5, 5.41) is 14.4. The number of nitrogens with one attached hydrogen (secondary N) is 2. The topological polar surface area (TPSA) is 91.6 Å². The van der Waals surface area contributed by atoms with Gasteiger partial charge in [-0.05, 0) is 81.7 Å². The number of carbonyl (C=O) groups excluding carboxylic acids is 1. The predicted molar refractivity (Wildman–Crippen MR) is 101 cm³/mol. The molecule has 0 radical (unpaired) electrons. The highest BCUT2D eigenvalue weighted by Gasteiger charge is 2.17. The third-order valence-electron chi connectivity index (χ3n) is 2.50. The first kappa shape index (κ1) is 17.1. The molecule has 2 aromatic rings. The summed E-state index contributed by atoms with van der Waals surface area (Å²) in [7, 11) is 0. The van der Waals surface area contributed by atoms with Crippen LogP contribution in [0, 0.1) is 7.14 Å². The number of anilines is 1. The number of hydrogen-bond donors (Lipinski definition) is 3. The highest BCUT2D eigenvalue weighted by Crippen LogP contribution is 2.26. The zero-order valence-corrected chi connectivity index (χ0v) is 15.9. The number of halogens is 2. The van der Waals surface area contributed by atoms with Crippen LogP contribution in [0.1, 0.15) is 20.9 Å². The van der Waals surface area contributed by atoms with E-state index in [1.165, 1.54) is 18.4 Å². The smallest absolute Gasteiger partial charge is 0.337 e. The lowest BCUT2D eigenvalue weighted by atomic mass is 10.2. The van der Waals surface area contributed by atoms with Crippen molar-refractivity contribution in [3.63, 3.8) is 0 Å². The average Bonchev–Trinajstić information content (AvgIpc) is 2.95. The molecule has 3 N–H and O–H groups in total. The van der Waals surface area contributed by atoms with Crippen LogP contribution in [-0.2, 0) is 0 Å². The molecule has 1 aromatic heterocycles. The summed E-state index contributed by atoms with van der Waals surface area (Å²) < 4.78 is 6.42. The summed E-state index contributed by atoms with van der Waals surface area (Å²) in [6.07, 6.45) is 1.37. The Morgan fingerprint density at radius 3 is 2.59 bits per heavy atom. The molecule has 2 rings (SSSR count). The van der Waals surface area contributed by atoms with E-state index in [2.05, 4.69) is 10.6 Å². The van der Waals surface area contributed by atoms with Crippen LogP contribution in [0.5, 0.6) is 0 Å². The summed E-state index contributed by atoms with van der Waals surface area (Å²) in [4.78, 5) is 23.1. The van der Waals surface area contributed by atoms with Crippen LogP contribution < -0.4 is 10.6 Å². The summed E-state index contributed by atoms with van der Waals surface area (Å²) in [6.45, 7) is 0. The van der Waals surface area contributed by atoms with Gasteiger partial charge in [-0.1, -0.05) is 0 Å². The maximum atomic E-state index is 11.8. The molecule has 1 amide bonds. The standard InChI is InChI=1S/C13H8I2N2O4S/c14-6-4-7(12(19)20)10(8(15)5-6)16-13(22)17-11(18)9-2-1-3-21-9/h1-5H,(H,19,20)(H2,16,17,18,22). The van der Waals surface area contributed by atoms with Crippen molar-refractivity contribution in [1.82, 2.24) is 5.32 Å². The van der Waals surface area contributed by atoms with Crippen molar-refractivity contribution in [3.05, 3.63) is 49.0 Å². The number of carboxylic acids is 1. The maximum Gasteiger partial charge on any atom is 0.337 e. The molecule has 22 heavy (non-hydrogen) atoms. The number of thiocarbonyl (C=S) groups is 1. The van der Waals surface area contributed by atoms with Crippen LogP contribution in [0.4, 0.5) is 5.69 Å². The molecule has 6 nitrogen and oxygen atoms in total. The molecule has 0 aliphatic heterocycles. The van der Waals surface area contributed by atoms with Crippen molar-refractivity contribution < 1.29 is 19.1 Å². The highest BCUT2D eigenvalue weighted by atomic mass is 127. The minimum absolute atomic E-state index is 0.0111. The van der Waals surface area contributed by atoms with E-state index in [1.807, 2.05) is 45.2 Å². The van der Waals surface area contributed by atoms with Crippen LogP contribution in [0.15, 0.2) is 34.9 Å². The first-order valence-corrected chi connectivity index (χ1v) is 8.33. The number of benzene rings is 1. The van der Waals surface area contributed by atoms with Crippen molar-refractivity contribution >= 4 is 80.1 Å². The first-order valence-electron chi connectivity index (χ1n) is 5.76. The average molecular weight is 542 g/mol. The van der Waals surface area contributed by atoms with E-state index in [-0.39, 0.29) is 16.4 Å². The lowest BCUT2D eigenvalue weighted by Crippen LogP contribution is -2.34. The Bertz CT molecular complexity index is 747. The number of carboxylic acid groups (broad SMARTS) is 1. The van der Waals surface area contributed by atoms with E-state index < -0.39 is 11.9 Å². The van der Waals surface area contributed by atoms with Crippen LogP contribution in [-0.4, -0.2) is 22.1 Å². The molecule has 0 saturated heterocycles. The van der Waals surface area contributed by atoms with Gasteiger partial charge in [0.05, 0.1) is 17.5 Å². The van der Waals surface area contributed by atoms with Crippen LogP contribution >= 0.6 is 57.4 Å². The number of aromatic carboxylic acids is 1. The molecule has 0 fully saturated rings. The van der Waals surface area contributed by atoms with Gasteiger partial charge in [0.25, 0.3) is 5.91 Å². The molecule has 0 unspecified atom stereocenters. The van der Waals surface area contributed by atoms with Crippen LogP contribution in [0.3, 0.4) is 0 Å². The summed E-state index contributed by atoms with van der Waals surface area (Å²) in [6, 6.07) is 6.39. The Morgan fingerprint density at radius 2 is 2.00 bits per heavy atom. The fourth-order valence-corrected chi connectivity index (χ4v) is 3.76. The summed E-state index contributed by atoms with van der Waals surface area (Å²) in [5.41, 5.74) is 0.407. The van der Waals surface area contributed by atoms with E-state index in [9.17, 15) is 14.7 Å². The predicted octanol–water partition coefficient (Wildman–Crippen LogP) is 3.31. The molecule has 0 spiro atoms. The van der Waals surface area contributed by atoms with Crippen molar-refractivity contribution in [2.75, 3.05) is 5.32 Å². The second kappa shape index (κ2) is 7.37. The fourth-order valence-electron chi connectivity index (χ4n) is 1.59. The minimum atomic E-state index is -1.08. The van der Waals surface area contributed by atoms with Crippen molar-refractivity contribution in [1.29, 1.82) is 0 Å². The molecule has 9 heteroatoms. The minimum Gasteiger partial charge on any atom is -0.478 e. The van der Waals surface area contributed by atoms with E-state index >= 15 is 0 Å². The fraction of sp³-hybridized carbons (Fsp3) is 0. The number of furan rings is 1. The van der Waals surface area contributed by atoms with Crippen molar-refractivity contribution in [3.8, 4) is 0 Å². The molecule has 0 saturated carbocycles. The number of hydrogen-bond acceptors (Lipinski definition) is 4. The molecule has 0 atom stereocenters. The van der Waals surface area contributed by atoms with Gasteiger partial charge >= 0.3 is 5.97 Å². The Balaban J connectivity index is 2.18. The second-order valence-corrected chi connectivity index (χ2v) is 6.82. The molecule has 1 heterocycles. The Labute approximate surface area is 157 Å². The second-order valence-electron chi connectivity index (χ2n) is 4.00. The van der Waals surface area contributed by atoms with Gasteiger partial charge in [0.15, 0.2) is 10.9 Å². The van der Waals surface area contributed by atoms with E-state index in [0.717, 1.165) is 3.57 Å².